The highest BCUT2D eigenvalue weighted by Crippen LogP contribution is 2.37. The number of halogens is 1. The van der Waals surface area contributed by atoms with Crippen molar-refractivity contribution in [1.82, 2.24) is 4.90 Å². The quantitative estimate of drug-likeness (QED) is 0.771. The minimum Gasteiger partial charge on any atom is -0.381 e. The van der Waals surface area contributed by atoms with Gasteiger partial charge in [-0.15, -0.1) is 0 Å². The van der Waals surface area contributed by atoms with E-state index in [0.29, 0.717) is 6.42 Å². The Morgan fingerprint density at radius 2 is 2.13 bits per heavy atom. The van der Waals surface area contributed by atoms with Gasteiger partial charge in [0.05, 0.1) is 6.61 Å². The fraction of sp³-hybridized carbons (Fsp3) is 0.611. The van der Waals surface area contributed by atoms with E-state index in [2.05, 4.69) is 0 Å². The molecule has 0 N–H and O–H groups in total. The first-order valence-electron chi connectivity index (χ1n) is 8.35. The lowest BCUT2D eigenvalue weighted by molar-refractivity contribution is -0.134. The summed E-state index contributed by atoms with van der Waals surface area (Å²) in [5.74, 6) is 1.70. The van der Waals surface area contributed by atoms with E-state index in [9.17, 15) is 9.18 Å². The molecule has 1 amide bonds. The second-order valence-electron chi connectivity index (χ2n) is 6.65. The average molecular weight is 337 g/mol. The summed E-state index contributed by atoms with van der Waals surface area (Å²) in [7, 11) is 0. The van der Waals surface area contributed by atoms with Crippen molar-refractivity contribution in [2.75, 3.05) is 32.1 Å². The maximum absolute atomic E-state index is 12.8. The Morgan fingerprint density at radius 1 is 1.30 bits per heavy atom. The molecule has 0 saturated carbocycles. The van der Waals surface area contributed by atoms with Gasteiger partial charge < -0.3 is 9.64 Å². The van der Waals surface area contributed by atoms with Crippen molar-refractivity contribution in [3.63, 3.8) is 0 Å². The molecular weight excluding hydrogens is 313 g/mol. The molecule has 1 aromatic carbocycles. The molecule has 0 radical (unpaired) electrons. The SMILES string of the molecule is O=C(CCSCc1ccc(F)cc1)N1CCCC2(CCOC2)C1. The van der Waals surface area contributed by atoms with Crippen LogP contribution in [0.1, 0.15) is 31.2 Å². The van der Waals surface area contributed by atoms with Gasteiger partial charge in [-0.1, -0.05) is 12.1 Å². The number of thioether (sulfide) groups is 1. The number of carbonyl (C=O) groups excluding carboxylic acids is 1. The van der Waals surface area contributed by atoms with Crippen LogP contribution in [0.4, 0.5) is 4.39 Å². The van der Waals surface area contributed by atoms with Crippen molar-refractivity contribution >= 4 is 17.7 Å². The fourth-order valence-electron chi connectivity index (χ4n) is 3.48. The highest BCUT2D eigenvalue weighted by Gasteiger charge is 2.39. The molecule has 3 nitrogen and oxygen atoms in total. The largest absolute Gasteiger partial charge is 0.381 e. The van der Waals surface area contributed by atoms with Gasteiger partial charge in [-0.2, -0.15) is 11.8 Å². The van der Waals surface area contributed by atoms with Crippen LogP contribution < -0.4 is 0 Å². The maximum atomic E-state index is 12.8. The summed E-state index contributed by atoms with van der Waals surface area (Å²) < 4.78 is 18.4. The van der Waals surface area contributed by atoms with Crippen LogP contribution in [0.5, 0.6) is 0 Å². The zero-order valence-corrected chi connectivity index (χ0v) is 14.2. The Kier molecular flexibility index (Phi) is 5.59. The van der Waals surface area contributed by atoms with Crippen molar-refractivity contribution < 1.29 is 13.9 Å². The molecule has 1 atom stereocenters. The zero-order valence-electron chi connectivity index (χ0n) is 13.4. The Bertz CT molecular complexity index is 528. The summed E-state index contributed by atoms with van der Waals surface area (Å²) >= 11 is 1.73. The molecule has 23 heavy (non-hydrogen) atoms. The van der Waals surface area contributed by atoms with E-state index in [-0.39, 0.29) is 17.1 Å². The van der Waals surface area contributed by atoms with Crippen molar-refractivity contribution in [2.24, 2.45) is 5.41 Å². The molecule has 2 aliphatic heterocycles. The fourth-order valence-corrected chi connectivity index (χ4v) is 4.37. The third-order valence-electron chi connectivity index (χ3n) is 4.84. The first-order chi connectivity index (χ1) is 11.2. The summed E-state index contributed by atoms with van der Waals surface area (Å²) in [5.41, 5.74) is 1.33. The minimum absolute atomic E-state index is 0.205. The van der Waals surface area contributed by atoms with Gasteiger partial charge in [0.1, 0.15) is 5.82 Å². The van der Waals surface area contributed by atoms with E-state index < -0.39 is 0 Å². The summed E-state index contributed by atoms with van der Waals surface area (Å²) in [5, 5.41) is 0. The number of hydrogen-bond acceptors (Lipinski definition) is 3. The zero-order chi connectivity index (χ0) is 16.1. The average Bonchev–Trinajstić information content (AvgIpc) is 3.00. The van der Waals surface area contributed by atoms with Crippen LogP contribution in [-0.4, -0.2) is 42.9 Å². The molecule has 2 fully saturated rings. The smallest absolute Gasteiger partial charge is 0.223 e. The molecule has 0 bridgehead atoms. The Morgan fingerprint density at radius 3 is 2.87 bits per heavy atom. The van der Waals surface area contributed by atoms with Gasteiger partial charge >= 0.3 is 0 Å². The molecule has 5 heteroatoms. The molecule has 126 valence electrons. The highest BCUT2D eigenvalue weighted by molar-refractivity contribution is 7.98. The molecule has 1 aromatic rings. The third-order valence-corrected chi connectivity index (χ3v) is 5.87. The van der Waals surface area contributed by atoms with Crippen molar-refractivity contribution in [3.8, 4) is 0 Å². The number of hydrogen-bond donors (Lipinski definition) is 0. The van der Waals surface area contributed by atoms with Crippen LogP contribution in [0.3, 0.4) is 0 Å². The number of amides is 1. The van der Waals surface area contributed by atoms with E-state index in [0.717, 1.165) is 56.2 Å². The van der Waals surface area contributed by atoms with Crippen LogP contribution in [0.2, 0.25) is 0 Å². The third kappa shape index (κ3) is 4.48. The molecule has 0 aromatic heterocycles. The van der Waals surface area contributed by atoms with Gasteiger partial charge in [-0.05, 0) is 37.0 Å². The number of benzene rings is 1. The summed E-state index contributed by atoms with van der Waals surface area (Å²) in [6.07, 6.45) is 3.97. The molecule has 3 rings (SSSR count). The number of rotatable bonds is 5. The predicted octanol–water partition coefficient (Wildman–Crippen LogP) is 3.48. The number of ether oxygens (including phenoxy) is 1. The van der Waals surface area contributed by atoms with Gasteiger partial charge in [0.2, 0.25) is 5.91 Å². The monoisotopic (exact) mass is 337 g/mol. The van der Waals surface area contributed by atoms with E-state index in [1.54, 1.807) is 23.9 Å². The van der Waals surface area contributed by atoms with Gasteiger partial charge in [0.25, 0.3) is 0 Å². The van der Waals surface area contributed by atoms with Crippen LogP contribution >= 0.6 is 11.8 Å². The second kappa shape index (κ2) is 7.67. The minimum atomic E-state index is -0.205. The van der Waals surface area contributed by atoms with E-state index in [4.69, 9.17) is 4.74 Å². The molecule has 2 aliphatic rings. The number of likely N-dealkylation sites (tertiary alicyclic amines) is 1. The van der Waals surface area contributed by atoms with E-state index in [1.165, 1.54) is 18.6 Å². The van der Waals surface area contributed by atoms with Crippen LogP contribution in [-0.2, 0) is 15.3 Å². The van der Waals surface area contributed by atoms with Gasteiger partial charge in [-0.25, -0.2) is 4.39 Å². The van der Waals surface area contributed by atoms with Crippen molar-refractivity contribution in [3.05, 3.63) is 35.6 Å². The Balaban J connectivity index is 1.39. The molecule has 2 saturated heterocycles. The standard InChI is InChI=1S/C18H24FNO2S/c19-16-4-2-15(3-5-16)12-23-11-6-17(21)20-9-1-7-18(13-20)8-10-22-14-18/h2-5H,1,6-14H2. The molecule has 2 heterocycles. The molecule has 1 unspecified atom stereocenters. The lowest BCUT2D eigenvalue weighted by atomic mass is 9.79. The molecule has 0 aliphatic carbocycles. The number of nitrogens with zero attached hydrogens (tertiary/aromatic N) is 1. The first-order valence-corrected chi connectivity index (χ1v) is 9.50. The lowest BCUT2D eigenvalue weighted by Gasteiger charge is -2.39. The first kappa shape index (κ1) is 16.8. The highest BCUT2D eigenvalue weighted by atomic mass is 32.2. The van der Waals surface area contributed by atoms with Crippen LogP contribution in [0, 0.1) is 11.2 Å². The maximum Gasteiger partial charge on any atom is 0.223 e. The number of carbonyl (C=O) groups is 1. The normalized spacial score (nSPS) is 24.3. The molecule has 1 spiro atoms. The summed E-state index contributed by atoms with van der Waals surface area (Å²) in [4.78, 5) is 14.5. The Labute approximate surface area is 141 Å². The predicted molar refractivity (Wildman–Crippen MR) is 90.9 cm³/mol. The van der Waals surface area contributed by atoms with Crippen LogP contribution in [0.25, 0.3) is 0 Å². The lowest BCUT2D eigenvalue weighted by Crippen LogP contribution is -2.46. The van der Waals surface area contributed by atoms with Crippen molar-refractivity contribution in [1.29, 1.82) is 0 Å². The second-order valence-corrected chi connectivity index (χ2v) is 7.76. The van der Waals surface area contributed by atoms with Crippen LogP contribution in [0.15, 0.2) is 24.3 Å². The molecular formula is C18H24FNO2S. The van der Waals surface area contributed by atoms with Gasteiger partial charge in [0.15, 0.2) is 0 Å². The summed E-state index contributed by atoms with van der Waals surface area (Å²) in [6, 6.07) is 6.58. The Hall–Kier alpha value is -1.07. The topological polar surface area (TPSA) is 29.5 Å². The number of piperidine rings is 1. The van der Waals surface area contributed by atoms with Crippen molar-refractivity contribution in [2.45, 2.75) is 31.4 Å². The summed E-state index contributed by atoms with van der Waals surface area (Å²) in [6.45, 7) is 3.42. The van der Waals surface area contributed by atoms with E-state index in [1.807, 2.05) is 4.90 Å². The van der Waals surface area contributed by atoms with E-state index >= 15 is 0 Å². The van der Waals surface area contributed by atoms with Gasteiger partial charge in [0, 0.05) is 43.0 Å². The van der Waals surface area contributed by atoms with Gasteiger partial charge in [-0.3, -0.25) is 4.79 Å².